The lowest BCUT2D eigenvalue weighted by Gasteiger charge is -2.44. The smallest absolute Gasteiger partial charge is 0.0872 e. The number of aryl methyl sites for hydroxylation is 1. The Bertz CT molecular complexity index is 313. The van der Waals surface area contributed by atoms with Crippen LogP contribution < -0.4 is 0 Å². The van der Waals surface area contributed by atoms with Crippen molar-refractivity contribution >= 4 is 0 Å². The van der Waals surface area contributed by atoms with Crippen LogP contribution in [0, 0.1) is 0 Å². The van der Waals surface area contributed by atoms with Crippen molar-refractivity contribution in [2.45, 2.75) is 31.8 Å². The number of hydrogen-bond acceptors (Lipinski definition) is 2. The van der Waals surface area contributed by atoms with E-state index in [1.54, 1.807) is 0 Å². The van der Waals surface area contributed by atoms with Gasteiger partial charge in [-0.3, -0.25) is 4.90 Å². The van der Waals surface area contributed by atoms with E-state index in [0.717, 1.165) is 19.6 Å². The highest BCUT2D eigenvalue weighted by Crippen LogP contribution is 2.19. The van der Waals surface area contributed by atoms with E-state index in [4.69, 9.17) is 0 Å². The van der Waals surface area contributed by atoms with Crippen molar-refractivity contribution in [3.8, 4) is 0 Å². The molecule has 0 amide bonds. The summed E-state index contributed by atoms with van der Waals surface area (Å²) in [6.45, 7) is 4.73. The van der Waals surface area contributed by atoms with Gasteiger partial charge in [-0.25, -0.2) is 0 Å². The quantitative estimate of drug-likeness (QED) is 0.766. The molecule has 1 aliphatic heterocycles. The second-order valence-corrected chi connectivity index (χ2v) is 5.15. The van der Waals surface area contributed by atoms with E-state index < -0.39 is 5.60 Å². The van der Waals surface area contributed by atoms with Crippen molar-refractivity contribution in [2.75, 3.05) is 19.6 Å². The Labute approximate surface area is 97.9 Å². The molecule has 2 heteroatoms. The second kappa shape index (κ2) is 4.98. The van der Waals surface area contributed by atoms with Gasteiger partial charge in [-0.2, -0.15) is 0 Å². The van der Waals surface area contributed by atoms with Crippen LogP contribution in [0.5, 0.6) is 0 Å². The summed E-state index contributed by atoms with van der Waals surface area (Å²) in [5.41, 5.74) is 1.01. The maximum atomic E-state index is 9.58. The number of aliphatic hydroxyl groups is 1. The van der Waals surface area contributed by atoms with Crippen molar-refractivity contribution in [3.63, 3.8) is 0 Å². The van der Waals surface area contributed by atoms with Crippen molar-refractivity contribution in [3.05, 3.63) is 35.9 Å². The Kier molecular flexibility index (Phi) is 3.62. The topological polar surface area (TPSA) is 23.5 Å². The van der Waals surface area contributed by atoms with Crippen LogP contribution in [0.1, 0.15) is 25.3 Å². The summed E-state index contributed by atoms with van der Waals surface area (Å²) in [5.74, 6) is 0. The Morgan fingerprint density at radius 3 is 2.50 bits per heavy atom. The molecule has 1 N–H and O–H groups in total. The third kappa shape index (κ3) is 3.32. The predicted octanol–water partition coefficient (Wildman–Crippen LogP) is 2.08. The molecule has 0 bridgehead atoms. The summed E-state index contributed by atoms with van der Waals surface area (Å²) in [4.78, 5) is 2.32. The average Bonchev–Trinajstić information content (AvgIpc) is 2.23. The molecular formula is C14H21NO. The van der Waals surface area contributed by atoms with Gasteiger partial charge in [-0.1, -0.05) is 30.3 Å². The lowest BCUT2D eigenvalue weighted by molar-refractivity contribution is -0.0833. The van der Waals surface area contributed by atoms with E-state index in [1.165, 1.54) is 24.8 Å². The summed E-state index contributed by atoms with van der Waals surface area (Å²) < 4.78 is 0. The molecule has 0 unspecified atom stereocenters. The molecule has 1 heterocycles. The van der Waals surface area contributed by atoms with Crippen LogP contribution in [0.25, 0.3) is 0 Å². The average molecular weight is 219 g/mol. The largest absolute Gasteiger partial charge is 0.388 e. The molecule has 0 spiro atoms. The van der Waals surface area contributed by atoms with Crippen LogP contribution in [0.2, 0.25) is 0 Å². The molecule has 0 aliphatic carbocycles. The number of hydrogen-bond donors (Lipinski definition) is 1. The summed E-state index contributed by atoms with van der Waals surface area (Å²) in [5, 5.41) is 9.58. The first-order chi connectivity index (χ1) is 7.66. The van der Waals surface area contributed by atoms with Gasteiger partial charge in [0.05, 0.1) is 5.60 Å². The zero-order valence-electron chi connectivity index (χ0n) is 10.0. The van der Waals surface area contributed by atoms with Crippen molar-refractivity contribution in [1.29, 1.82) is 0 Å². The van der Waals surface area contributed by atoms with E-state index in [9.17, 15) is 5.11 Å². The van der Waals surface area contributed by atoms with Crippen molar-refractivity contribution in [1.82, 2.24) is 4.90 Å². The summed E-state index contributed by atoms with van der Waals surface area (Å²) in [6.07, 6.45) is 3.64. The Morgan fingerprint density at radius 1 is 1.19 bits per heavy atom. The van der Waals surface area contributed by atoms with Crippen molar-refractivity contribution < 1.29 is 5.11 Å². The molecule has 0 radical (unpaired) electrons. The fourth-order valence-corrected chi connectivity index (χ4v) is 2.38. The SMILES string of the molecule is CC1(O)CN(CCCCc2ccccc2)C1. The maximum absolute atomic E-state index is 9.58. The minimum atomic E-state index is -0.417. The van der Waals surface area contributed by atoms with Gasteiger partial charge in [-0.15, -0.1) is 0 Å². The molecule has 0 aromatic heterocycles. The molecule has 1 fully saturated rings. The van der Waals surface area contributed by atoms with E-state index in [0.29, 0.717) is 0 Å². The fourth-order valence-electron chi connectivity index (χ4n) is 2.38. The number of nitrogens with zero attached hydrogens (tertiary/aromatic N) is 1. The maximum Gasteiger partial charge on any atom is 0.0872 e. The number of benzene rings is 1. The molecule has 1 saturated heterocycles. The van der Waals surface area contributed by atoms with E-state index >= 15 is 0 Å². The van der Waals surface area contributed by atoms with E-state index in [1.807, 2.05) is 6.92 Å². The first-order valence-corrected chi connectivity index (χ1v) is 6.14. The van der Waals surface area contributed by atoms with Crippen LogP contribution in [0.15, 0.2) is 30.3 Å². The molecule has 1 aromatic carbocycles. The molecule has 16 heavy (non-hydrogen) atoms. The van der Waals surface area contributed by atoms with Crippen LogP contribution in [-0.2, 0) is 6.42 Å². The first-order valence-electron chi connectivity index (χ1n) is 6.14. The number of β-amino-alcohol motifs (C(OH)–C–C–N with tert-alkyl or cyclic N) is 1. The lowest BCUT2D eigenvalue weighted by atomic mass is 9.96. The fraction of sp³-hybridized carbons (Fsp3) is 0.571. The highest BCUT2D eigenvalue weighted by molar-refractivity contribution is 5.14. The number of likely N-dealkylation sites (tertiary alicyclic amines) is 1. The van der Waals surface area contributed by atoms with Gasteiger partial charge in [-0.05, 0) is 38.3 Å². The molecule has 0 atom stereocenters. The Morgan fingerprint density at radius 2 is 1.88 bits per heavy atom. The Hall–Kier alpha value is -0.860. The predicted molar refractivity (Wildman–Crippen MR) is 66.4 cm³/mol. The molecular weight excluding hydrogens is 198 g/mol. The highest BCUT2D eigenvalue weighted by atomic mass is 16.3. The molecule has 2 rings (SSSR count). The van der Waals surface area contributed by atoms with Crippen molar-refractivity contribution in [2.24, 2.45) is 0 Å². The van der Waals surface area contributed by atoms with Crippen LogP contribution in [0.4, 0.5) is 0 Å². The third-order valence-corrected chi connectivity index (χ3v) is 3.16. The summed E-state index contributed by atoms with van der Waals surface area (Å²) in [6, 6.07) is 10.6. The summed E-state index contributed by atoms with van der Waals surface area (Å²) in [7, 11) is 0. The van der Waals surface area contributed by atoms with E-state index in [-0.39, 0.29) is 0 Å². The second-order valence-electron chi connectivity index (χ2n) is 5.15. The molecule has 2 nitrogen and oxygen atoms in total. The van der Waals surface area contributed by atoms with Gasteiger partial charge < -0.3 is 5.11 Å². The van der Waals surface area contributed by atoms with Crippen LogP contribution in [0.3, 0.4) is 0 Å². The third-order valence-electron chi connectivity index (χ3n) is 3.16. The molecule has 0 saturated carbocycles. The number of rotatable bonds is 5. The van der Waals surface area contributed by atoms with E-state index in [2.05, 4.69) is 35.2 Å². The van der Waals surface area contributed by atoms with Gasteiger partial charge in [0.1, 0.15) is 0 Å². The minimum Gasteiger partial charge on any atom is -0.388 e. The van der Waals surface area contributed by atoms with Gasteiger partial charge in [0.15, 0.2) is 0 Å². The monoisotopic (exact) mass is 219 g/mol. The van der Waals surface area contributed by atoms with Gasteiger partial charge in [0.2, 0.25) is 0 Å². The Balaban J connectivity index is 1.57. The van der Waals surface area contributed by atoms with Gasteiger partial charge in [0.25, 0.3) is 0 Å². The molecule has 88 valence electrons. The van der Waals surface area contributed by atoms with Gasteiger partial charge >= 0.3 is 0 Å². The standard InChI is InChI=1S/C14H21NO/c1-14(16)11-15(12-14)10-6-5-9-13-7-3-2-4-8-13/h2-4,7-8,16H,5-6,9-12H2,1H3. The van der Waals surface area contributed by atoms with Crippen LogP contribution >= 0.6 is 0 Å². The lowest BCUT2D eigenvalue weighted by Crippen LogP contribution is -2.59. The first kappa shape index (κ1) is 11.6. The minimum absolute atomic E-state index is 0.417. The molecule has 1 aliphatic rings. The zero-order chi connectivity index (χ0) is 11.4. The normalized spacial score (nSPS) is 19.4. The molecule has 1 aromatic rings. The van der Waals surface area contributed by atoms with Crippen LogP contribution in [-0.4, -0.2) is 35.2 Å². The van der Waals surface area contributed by atoms with Gasteiger partial charge in [0, 0.05) is 13.1 Å². The highest BCUT2D eigenvalue weighted by Gasteiger charge is 2.35. The summed E-state index contributed by atoms with van der Waals surface area (Å²) >= 11 is 0. The number of unbranched alkanes of at least 4 members (excludes halogenated alkanes) is 1. The zero-order valence-corrected chi connectivity index (χ0v) is 10.0.